The van der Waals surface area contributed by atoms with E-state index in [9.17, 15) is 13.6 Å². The average molecular weight is 243 g/mol. The van der Waals surface area contributed by atoms with Crippen LogP contribution in [0.25, 0.3) is 0 Å². The molecule has 0 radical (unpaired) electrons. The van der Waals surface area contributed by atoms with Crippen LogP contribution in [0.2, 0.25) is 0 Å². The first-order valence-corrected chi connectivity index (χ1v) is 5.76. The van der Waals surface area contributed by atoms with Gasteiger partial charge in [0.05, 0.1) is 0 Å². The standard InChI is InChI=1S/C12H15F2NO2/c13-9-3-8(4-10(14)5-9)7-1-2-11(12(16)17)15-6-7/h3,5,7-8,11,15H,1-2,4,6H2,(H,16,17)/t7-,8?,11?/m1/s1. The van der Waals surface area contributed by atoms with Crippen LogP contribution in [-0.2, 0) is 4.79 Å². The fraction of sp³-hybridized carbons (Fsp3) is 0.583. The summed E-state index contributed by atoms with van der Waals surface area (Å²) in [4.78, 5) is 10.7. The fourth-order valence-corrected chi connectivity index (χ4v) is 2.50. The molecule has 2 aliphatic rings. The van der Waals surface area contributed by atoms with Crippen LogP contribution in [0.1, 0.15) is 19.3 Å². The second-order valence-corrected chi connectivity index (χ2v) is 4.65. The molecule has 17 heavy (non-hydrogen) atoms. The van der Waals surface area contributed by atoms with E-state index in [2.05, 4.69) is 5.32 Å². The molecule has 2 N–H and O–H groups in total. The highest BCUT2D eigenvalue weighted by Crippen LogP contribution is 2.33. The van der Waals surface area contributed by atoms with Gasteiger partial charge in [-0.1, -0.05) is 0 Å². The molecule has 1 fully saturated rings. The van der Waals surface area contributed by atoms with Crippen LogP contribution in [0.15, 0.2) is 23.8 Å². The first-order valence-electron chi connectivity index (χ1n) is 5.76. The summed E-state index contributed by atoms with van der Waals surface area (Å²) in [7, 11) is 0. The van der Waals surface area contributed by atoms with Crippen molar-refractivity contribution in [3.63, 3.8) is 0 Å². The fourth-order valence-electron chi connectivity index (χ4n) is 2.50. The minimum Gasteiger partial charge on any atom is -0.480 e. The summed E-state index contributed by atoms with van der Waals surface area (Å²) in [6.45, 7) is 0.499. The van der Waals surface area contributed by atoms with Gasteiger partial charge in [-0.25, -0.2) is 8.78 Å². The summed E-state index contributed by atoms with van der Waals surface area (Å²) in [6, 6.07) is -0.524. The number of hydrogen-bond acceptors (Lipinski definition) is 2. The highest BCUT2D eigenvalue weighted by Gasteiger charge is 2.31. The lowest BCUT2D eigenvalue weighted by Crippen LogP contribution is -2.45. The molecule has 2 rings (SSSR count). The van der Waals surface area contributed by atoms with Crippen molar-refractivity contribution in [3.05, 3.63) is 23.8 Å². The third-order valence-corrected chi connectivity index (χ3v) is 3.45. The van der Waals surface area contributed by atoms with Crippen molar-refractivity contribution in [2.24, 2.45) is 11.8 Å². The molecule has 0 aromatic rings. The molecule has 3 atom stereocenters. The van der Waals surface area contributed by atoms with Gasteiger partial charge >= 0.3 is 5.97 Å². The van der Waals surface area contributed by atoms with Gasteiger partial charge in [-0.05, 0) is 37.3 Å². The molecule has 2 unspecified atom stereocenters. The number of carbonyl (C=O) groups is 1. The second-order valence-electron chi connectivity index (χ2n) is 4.65. The molecule has 1 aliphatic carbocycles. The normalized spacial score (nSPS) is 33.9. The Hall–Kier alpha value is -1.23. The minimum atomic E-state index is -0.861. The van der Waals surface area contributed by atoms with Crippen molar-refractivity contribution in [1.29, 1.82) is 0 Å². The van der Waals surface area contributed by atoms with Crippen molar-refractivity contribution in [2.45, 2.75) is 25.3 Å². The highest BCUT2D eigenvalue weighted by atomic mass is 19.1. The zero-order chi connectivity index (χ0) is 12.4. The molecule has 1 aliphatic heterocycles. The molecule has 94 valence electrons. The van der Waals surface area contributed by atoms with E-state index in [1.54, 1.807) is 0 Å². The Kier molecular flexibility index (Phi) is 3.57. The number of halogens is 2. The molecule has 1 heterocycles. The van der Waals surface area contributed by atoms with Crippen molar-refractivity contribution < 1.29 is 18.7 Å². The quantitative estimate of drug-likeness (QED) is 0.781. The molecule has 0 saturated carbocycles. The summed E-state index contributed by atoms with van der Waals surface area (Å²) in [5.41, 5.74) is 0. The number of carboxylic acids is 1. The lowest BCUT2D eigenvalue weighted by molar-refractivity contribution is -0.140. The van der Waals surface area contributed by atoms with Crippen LogP contribution in [0, 0.1) is 11.8 Å². The van der Waals surface area contributed by atoms with Crippen LogP contribution in [-0.4, -0.2) is 23.7 Å². The monoisotopic (exact) mass is 243 g/mol. The molecular weight excluding hydrogens is 228 g/mol. The van der Waals surface area contributed by atoms with Gasteiger partial charge < -0.3 is 10.4 Å². The van der Waals surface area contributed by atoms with Crippen LogP contribution in [0.3, 0.4) is 0 Å². The van der Waals surface area contributed by atoms with E-state index in [4.69, 9.17) is 5.11 Å². The Morgan fingerprint density at radius 1 is 1.41 bits per heavy atom. The van der Waals surface area contributed by atoms with Crippen LogP contribution in [0.5, 0.6) is 0 Å². The van der Waals surface area contributed by atoms with E-state index in [0.29, 0.717) is 19.4 Å². The molecular formula is C12H15F2NO2. The molecule has 1 saturated heterocycles. The molecule has 0 amide bonds. The topological polar surface area (TPSA) is 49.3 Å². The van der Waals surface area contributed by atoms with Crippen molar-refractivity contribution in [1.82, 2.24) is 5.32 Å². The molecule has 0 aromatic carbocycles. The first kappa shape index (κ1) is 12.2. The average Bonchev–Trinajstić information content (AvgIpc) is 2.28. The maximum atomic E-state index is 13.1. The summed E-state index contributed by atoms with van der Waals surface area (Å²) in [5.74, 6) is -1.88. The van der Waals surface area contributed by atoms with E-state index >= 15 is 0 Å². The van der Waals surface area contributed by atoms with Crippen molar-refractivity contribution in [2.75, 3.05) is 6.54 Å². The van der Waals surface area contributed by atoms with E-state index in [-0.39, 0.29) is 18.3 Å². The zero-order valence-electron chi connectivity index (χ0n) is 9.33. The smallest absolute Gasteiger partial charge is 0.320 e. The van der Waals surface area contributed by atoms with Crippen LogP contribution < -0.4 is 5.32 Å². The largest absolute Gasteiger partial charge is 0.480 e. The summed E-state index contributed by atoms with van der Waals surface area (Å²) in [6.07, 6.45) is 3.77. The summed E-state index contributed by atoms with van der Waals surface area (Å²) >= 11 is 0. The third kappa shape index (κ3) is 2.91. The van der Waals surface area contributed by atoms with Gasteiger partial charge in [-0.2, -0.15) is 0 Å². The van der Waals surface area contributed by atoms with E-state index in [0.717, 1.165) is 6.08 Å². The molecule has 0 spiro atoms. The Labute approximate surface area is 98.2 Å². The van der Waals surface area contributed by atoms with E-state index < -0.39 is 23.7 Å². The highest BCUT2D eigenvalue weighted by molar-refractivity contribution is 5.73. The summed E-state index contributed by atoms with van der Waals surface area (Å²) < 4.78 is 26.2. The van der Waals surface area contributed by atoms with Gasteiger partial charge in [0.15, 0.2) is 0 Å². The Balaban J connectivity index is 1.94. The number of nitrogens with one attached hydrogen (secondary N) is 1. The third-order valence-electron chi connectivity index (χ3n) is 3.45. The second kappa shape index (κ2) is 4.96. The number of aliphatic carboxylic acids is 1. The molecule has 0 bridgehead atoms. The maximum absolute atomic E-state index is 13.1. The predicted molar refractivity (Wildman–Crippen MR) is 58.6 cm³/mol. The molecule has 5 heteroatoms. The van der Waals surface area contributed by atoms with Crippen LogP contribution >= 0.6 is 0 Å². The number of allylic oxidation sites excluding steroid dienone is 4. The Morgan fingerprint density at radius 3 is 2.71 bits per heavy atom. The number of piperidine rings is 1. The van der Waals surface area contributed by atoms with Crippen LogP contribution in [0.4, 0.5) is 8.78 Å². The first-order chi connectivity index (χ1) is 8.06. The van der Waals surface area contributed by atoms with E-state index in [1.165, 1.54) is 6.08 Å². The van der Waals surface area contributed by atoms with Gasteiger partial charge in [0.1, 0.15) is 17.7 Å². The zero-order valence-corrected chi connectivity index (χ0v) is 9.33. The van der Waals surface area contributed by atoms with Crippen molar-refractivity contribution in [3.8, 4) is 0 Å². The van der Waals surface area contributed by atoms with Crippen molar-refractivity contribution >= 4 is 5.97 Å². The number of carboxylic acid groups (broad SMARTS) is 1. The Morgan fingerprint density at radius 2 is 2.18 bits per heavy atom. The molecule has 3 nitrogen and oxygen atoms in total. The van der Waals surface area contributed by atoms with Gasteiger partial charge in [-0.3, -0.25) is 4.79 Å². The lowest BCUT2D eigenvalue weighted by atomic mass is 9.80. The number of rotatable bonds is 2. The van der Waals surface area contributed by atoms with Gasteiger partial charge in [0.2, 0.25) is 0 Å². The van der Waals surface area contributed by atoms with E-state index in [1.807, 2.05) is 0 Å². The SMILES string of the molecule is O=C(O)C1CC[C@@H](C2C=C(F)C=C(F)C2)CN1. The molecule has 0 aromatic heterocycles. The van der Waals surface area contributed by atoms with Gasteiger partial charge in [-0.15, -0.1) is 0 Å². The lowest BCUT2D eigenvalue weighted by Gasteiger charge is -2.32. The van der Waals surface area contributed by atoms with Gasteiger partial charge in [0, 0.05) is 12.5 Å². The predicted octanol–water partition coefficient (Wildman–Crippen LogP) is 2.17. The summed E-state index contributed by atoms with van der Waals surface area (Å²) in [5, 5.41) is 11.7. The number of hydrogen-bond donors (Lipinski definition) is 2. The Bertz CT molecular complexity index is 371. The van der Waals surface area contributed by atoms with Gasteiger partial charge in [0.25, 0.3) is 0 Å². The minimum absolute atomic E-state index is 0.107. The maximum Gasteiger partial charge on any atom is 0.320 e.